The van der Waals surface area contributed by atoms with Gasteiger partial charge < -0.3 is 34.4 Å². The lowest BCUT2D eigenvalue weighted by Gasteiger charge is -2.36. The summed E-state index contributed by atoms with van der Waals surface area (Å²) < 4.78 is 6.97. The van der Waals surface area contributed by atoms with Crippen molar-refractivity contribution in [3.63, 3.8) is 0 Å². The van der Waals surface area contributed by atoms with E-state index in [0.717, 1.165) is 5.69 Å². The van der Waals surface area contributed by atoms with Crippen LogP contribution < -0.4 is 15.1 Å². The average Bonchev–Trinajstić information content (AvgIpc) is 3.30. The highest BCUT2D eigenvalue weighted by Gasteiger charge is 2.38. The van der Waals surface area contributed by atoms with Gasteiger partial charge in [0.05, 0.1) is 6.33 Å². The Balaban J connectivity index is 1.37. The molecule has 1 saturated heterocycles. The Morgan fingerprint density at radius 3 is 2.30 bits per heavy atom. The van der Waals surface area contributed by atoms with Gasteiger partial charge in [-0.3, -0.25) is 14.5 Å². The number of piperazine rings is 1. The zero-order valence-corrected chi connectivity index (χ0v) is 22.1. The van der Waals surface area contributed by atoms with E-state index in [2.05, 4.69) is 15.2 Å². The fourth-order valence-electron chi connectivity index (χ4n) is 4.35. The molecule has 0 saturated carbocycles. The van der Waals surface area contributed by atoms with Gasteiger partial charge in [0.15, 0.2) is 11.5 Å². The molecule has 2 aliphatic heterocycles. The number of imidazole rings is 1. The van der Waals surface area contributed by atoms with Crippen LogP contribution in [0.3, 0.4) is 0 Å². The highest BCUT2D eigenvalue weighted by molar-refractivity contribution is 6.01. The monoisotopic (exact) mass is 513 g/mol. The third-order valence-corrected chi connectivity index (χ3v) is 6.55. The van der Waals surface area contributed by atoms with Gasteiger partial charge in [0.1, 0.15) is 11.6 Å². The predicted molar refractivity (Wildman–Crippen MR) is 139 cm³/mol. The molecule has 12 nitrogen and oxygen atoms in total. The van der Waals surface area contributed by atoms with Gasteiger partial charge in [0, 0.05) is 51.6 Å². The highest BCUT2D eigenvalue weighted by atomic mass is 16.6. The number of benzene rings is 1. The number of anilines is 3. The van der Waals surface area contributed by atoms with Crippen LogP contribution in [-0.4, -0.2) is 94.6 Å². The lowest BCUT2D eigenvalue weighted by Crippen LogP contribution is -2.52. The largest absolute Gasteiger partial charge is 0.444 e. The fraction of sp³-hybridized carbons (Fsp3) is 0.520. The van der Waals surface area contributed by atoms with Gasteiger partial charge in [-0.1, -0.05) is 0 Å². The third kappa shape index (κ3) is 5.33. The number of aromatic nitrogens is 2. The van der Waals surface area contributed by atoms with Crippen molar-refractivity contribution in [2.75, 3.05) is 55.4 Å². The average molecular weight is 514 g/mol. The Kier molecular flexibility index (Phi) is 7.05. The smallest absolute Gasteiger partial charge is 0.410 e. The predicted octanol–water partition coefficient (Wildman–Crippen LogP) is 1.94. The van der Waals surface area contributed by atoms with Crippen LogP contribution in [0.15, 0.2) is 30.6 Å². The summed E-state index contributed by atoms with van der Waals surface area (Å²) in [6.07, 6.45) is 0.0239. The minimum atomic E-state index is -1.12. The molecule has 4 rings (SSSR count). The number of fused-ring (bicyclic) bond motifs is 1. The molecule has 1 aromatic carbocycles. The lowest BCUT2D eigenvalue weighted by molar-refractivity contribution is -0.118. The maximum absolute atomic E-state index is 13.0. The number of rotatable bonds is 4. The molecule has 200 valence electrons. The van der Waals surface area contributed by atoms with Crippen molar-refractivity contribution in [2.45, 2.75) is 45.7 Å². The van der Waals surface area contributed by atoms with Crippen LogP contribution in [0.1, 0.15) is 44.2 Å². The molecular weight excluding hydrogens is 478 g/mol. The molecule has 3 amide bonds. The van der Waals surface area contributed by atoms with Gasteiger partial charge in [-0.25, -0.2) is 9.78 Å². The number of carbonyl (C=O) groups excluding carboxylic acids is 3. The molecule has 3 heterocycles. The highest BCUT2D eigenvalue weighted by Crippen LogP contribution is 2.29. The van der Waals surface area contributed by atoms with Crippen molar-refractivity contribution in [2.24, 2.45) is 0 Å². The van der Waals surface area contributed by atoms with E-state index in [1.54, 1.807) is 18.9 Å². The molecule has 1 fully saturated rings. The van der Waals surface area contributed by atoms with E-state index < -0.39 is 23.9 Å². The Morgan fingerprint density at radius 2 is 1.70 bits per heavy atom. The quantitative estimate of drug-likeness (QED) is 0.636. The fourth-order valence-corrected chi connectivity index (χ4v) is 4.35. The number of ether oxygens (including phenoxy) is 1. The van der Waals surface area contributed by atoms with E-state index in [1.807, 2.05) is 45.0 Å². The van der Waals surface area contributed by atoms with Crippen molar-refractivity contribution < 1.29 is 24.2 Å². The SMILES string of the molecule is CC(C(=O)Nc1ccc(N2CCN(C(=O)OC(C)(C)C)CC2)cc1)n1cnc2c1C(=O)N(C)C(O)N2C. The van der Waals surface area contributed by atoms with Crippen LogP contribution in [0, 0.1) is 0 Å². The first-order chi connectivity index (χ1) is 17.4. The molecular formula is C25H35N7O5. The molecule has 0 bridgehead atoms. The Labute approximate surface area is 216 Å². The maximum atomic E-state index is 13.0. The van der Waals surface area contributed by atoms with Crippen LogP contribution in [-0.2, 0) is 9.53 Å². The number of aliphatic hydroxyl groups is 1. The van der Waals surface area contributed by atoms with Crippen molar-refractivity contribution >= 4 is 35.1 Å². The van der Waals surface area contributed by atoms with Crippen molar-refractivity contribution in [1.82, 2.24) is 19.4 Å². The van der Waals surface area contributed by atoms with E-state index in [-0.39, 0.29) is 17.7 Å². The summed E-state index contributed by atoms with van der Waals surface area (Å²) in [5.74, 6) is -0.386. The Bertz CT molecular complexity index is 1170. The Hall–Kier alpha value is -3.80. The van der Waals surface area contributed by atoms with Crippen molar-refractivity contribution in [1.29, 1.82) is 0 Å². The second-order valence-electron chi connectivity index (χ2n) is 10.4. The van der Waals surface area contributed by atoms with E-state index in [4.69, 9.17) is 4.74 Å². The van der Waals surface area contributed by atoms with Crippen molar-refractivity contribution in [3.05, 3.63) is 36.3 Å². The van der Waals surface area contributed by atoms with Crippen LogP contribution in [0.4, 0.5) is 22.0 Å². The molecule has 2 unspecified atom stereocenters. The number of hydrogen-bond donors (Lipinski definition) is 2. The molecule has 2 N–H and O–H groups in total. The first-order valence-electron chi connectivity index (χ1n) is 12.3. The number of carbonyl (C=O) groups is 3. The molecule has 1 aromatic heterocycles. The van der Waals surface area contributed by atoms with E-state index in [1.165, 1.54) is 27.7 Å². The molecule has 0 aliphatic carbocycles. The van der Waals surface area contributed by atoms with E-state index >= 15 is 0 Å². The summed E-state index contributed by atoms with van der Waals surface area (Å²) in [6.45, 7) is 9.75. The number of hydrogen-bond acceptors (Lipinski definition) is 8. The van der Waals surface area contributed by atoms with Gasteiger partial charge in [-0.15, -0.1) is 0 Å². The normalized spacial score (nSPS) is 19.0. The standard InChI is InChI=1S/C25H35N7O5/c1-16(32-15-26-20-19(32)22(34)29(6)23(35)28(20)5)21(33)27-17-7-9-18(10-8-17)30-11-13-31(14-12-30)24(36)37-25(2,3)4/h7-10,15-16,23,35H,11-14H2,1-6H3,(H,27,33). The molecule has 2 aliphatic rings. The van der Waals surface area contributed by atoms with Gasteiger partial charge in [-0.05, 0) is 52.0 Å². The van der Waals surface area contributed by atoms with Crippen molar-refractivity contribution in [3.8, 4) is 0 Å². The Morgan fingerprint density at radius 1 is 1.08 bits per heavy atom. The number of amides is 3. The number of aliphatic hydroxyl groups excluding tert-OH is 1. The maximum Gasteiger partial charge on any atom is 0.410 e. The zero-order chi connectivity index (χ0) is 27.1. The van der Waals surface area contributed by atoms with Gasteiger partial charge in [-0.2, -0.15) is 0 Å². The van der Waals surface area contributed by atoms with Gasteiger partial charge >= 0.3 is 6.09 Å². The summed E-state index contributed by atoms with van der Waals surface area (Å²) >= 11 is 0. The minimum Gasteiger partial charge on any atom is -0.444 e. The molecule has 0 radical (unpaired) electrons. The van der Waals surface area contributed by atoms with Gasteiger partial charge in [0.2, 0.25) is 12.3 Å². The molecule has 2 aromatic rings. The first-order valence-corrected chi connectivity index (χ1v) is 12.3. The summed E-state index contributed by atoms with van der Waals surface area (Å²) in [7, 11) is 3.13. The number of nitrogens with zero attached hydrogens (tertiary/aromatic N) is 6. The number of nitrogens with one attached hydrogen (secondary N) is 1. The van der Waals surface area contributed by atoms with Gasteiger partial charge in [0.25, 0.3) is 5.91 Å². The molecule has 2 atom stereocenters. The van der Waals surface area contributed by atoms with Crippen LogP contribution in [0.5, 0.6) is 0 Å². The summed E-state index contributed by atoms with van der Waals surface area (Å²) in [4.78, 5) is 48.9. The third-order valence-electron chi connectivity index (χ3n) is 6.55. The second kappa shape index (κ2) is 9.92. The van der Waals surface area contributed by atoms with E-state index in [0.29, 0.717) is 37.7 Å². The van der Waals surface area contributed by atoms with Crippen LogP contribution in [0.25, 0.3) is 0 Å². The minimum absolute atomic E-state index is 0.249. The molecule has 12 heteroatoms. The summed E-state index contributed by atoms with van der Waals surface area (Å²) in [5, 5.41) is 13.1. The first kappa shape index (κ1) is 26.3. The summed E-state index contributed by atoms with van der Waals surface area (Å²) in [5.41, 5.74) is 1.35. The molecule has 0 spiro atoms. The van der Waals surface area contributed by atoms with Crippen LogP contribution >= 0.6 is 0 Å². The second-order valence-corrected chi connectivity index (χ2v) is 10.4. The van der Waals surface area contributed by atoms with E-state index in [9.17, 15) is 19.5 Å². The zero-order valence-electron chi connectivity index (χ0n) is 22.1. The topological polar surface area (TPSA) is 123 Å². The van der Waals surface area contributed by atoms with Crippen LogP contribution in [0.2, 0.25) is 0 Å². The lowest BCUT2D eigenvalue weighted by atomic mass is 10.2. The summed E-state index contributed by atoms with van der Waals surface area (Å²) in [6, 6.07) is 6.80. The molecule has 37 heavy (non-hydrogen) atoms.